The van der Waals surface area contributed by atoms with Gasteiger partial charge in [0.05, 0.1) is 24.7 Å². The van der Waals surface area contributed by atoms with Gasteiger partial charge in [-0.15, -0.1) is 0 Å². The molecule has 5 heteroatoms. The molecule has 0 spiro atoms. The zero-order valence-corrected chi connectivity index (χ0v) is 14.1. The smallest absolute Gasteiger partial charge is 0.228 e. The second kappa shape index (κ2) is 7.11. The summed E-state index contributed by atoms with van der Waals surface area (Å²) in [4.78, 5) is 12.7. The normalized spacial score (nSPS) is 15.8. The largest absolute Gasteiger partial charge is 0.497 e. The molecule has 0 aliphatic rings. The number of hydrogen-bond donors (Lipinski definition) is 3. The monoisotopic (exact) mass is 308 g/mol. The Morgan fingerprint density at radius 3 is 2.27 bits per heavy atom. The molecule has 1 rings (SSSR count). The van der Waals surface area contributed by atoms with E-state index in [1.807, 2.05) is 38.1 Å². The number of aliphatic hydroxyl groups excluding tert-OH is 1. The van der Waals surface area contributed by atoms with Gasteiger partial charge in [-0.25, -0.2) is 0 Å². The standard InChI is InChI=1S/C17H28N2O3/c1-6-17(4,15(21)19-16(2,3)11-20)14(18)12-7-9-13(22-5)10-8-12/h7-10,14,20H,6,11,18H2,1-5H3,(H,19,21)/t14-,17-/m0/s1. The number of nitrogens with two attached hydrogens (primary N) is 1. The average molecular weight is 308 g/mol. The maximum Gasteiger partial charge on any atom is 0.228 e. The molecule has 1 aromatic carbocycles. The molecule has 4 N–H and O–H groups in total. The van der Waals surface area contributed by atoms with Crippen LogP contribution in [0.3, 0.4) is 0 Å². The van der Waals surface area contributed by atoms with Crippen LogP contribution in [0.15, 0.2) is 24.3 Å². The Balaban J connectivity index is 3.02. The van der Waals surface area contributed by atoms with Crippen molar-refractivity contribution < 1.29 is 14.6 Å². The molecule has 0 aliphatic carbocycles. The summed E-state index contributed by atoms with van der Waals surface area (Å²) in [5, 5.41) is 12.2. The molecule has 0 fully saturated rings. The highest BCUT2D eigenvalue weighted by atomic mass is 16.5. The quantitative estimate of drug-likeness (QED) is 0.719. The predicted molar refractivity (Wildman–Crippen MR) is 87.6 cm³/mol. The van der Waals surface area contributed by atoms with Gasteiger partial charge in [-0.1, -0.05) is 19.1 Å². The van der Waals surface area contributed by atoms with E-state index in [2.05, 4.69) is 5.32 Å². The summed E-state index contributed by atoms with van der Waals surface area (Å²) in [5.41, 5.74) is 5.81. The van der Waals surface area contributed by atoms with Crippen LogP contribution >= 0.6 is 0 Å². The minimum atomic E-state index is -0.763. The van der Waals surface area contributed by atoms with Gasteiger partial charge in [0.1, 0.15) is 5.75 Å². The van der Waals surface area contributed by atoms with Crippen molar-refractivity contribution in [2.45, 2.75) is 45.7 Å². The number of benzene rings is 1. The molecule has 22 heavy (non-hydrogen) atoms. The van der Waals surface area contributed by atoms with Gasteiger partial charge in [0.25, 0.3) is 0 Å². The van der Waals surface area contributed by atoms with Crippen LogP contribution in [-0.4, -0.2) is 30.3 Å². The lowest BCUT2D eigenvalue weighted by Crippen LogP contribution is -2.54. The molecule has 0 radical (unpaired) electrons. The molecular formula is C17H28N2O3. The maximum absolute atomic E-state index is 12.7. The molecule has 0 saturated carbocycles. The Bertz CT molecular complexity index is 499. The van der Waals surface area contributed by atoms with Crippen molar-refractivity contribution in [2.75, 3.05) is 13.7 Å². The first-order valence-corrected chi connectivity index (χ1v) is 7.53. The van der Waals surface area contributed by atoms with Gasteiger partial charge in [0, 0.05) is 6.04 Å². The highest BCUT2D eigenvalue weighted by Crippen LogP contribution is 2.36. The lowest BCUT2D eigenvalue weighted by Gasteiger charge is -2.37. The highest BCUT2D eigenvalue weighted by Gasteiger charge is 2.40. The molecule has 0 bridgehead atoms. The zero-order valence-electron chi connectivity index (χ0n) is 14.1. The van der Waals surface area contributed by atoms with Gasteiger partial charge in [0.15, 0.2) is 0 Å². The van der Waals surface area contributed by atoms with E-state index in [0.29, 0.717) is 6.42 Å². The molecule has 0 unspecified atom stereocenters. The van der Waals surface area contributed by atoms with Crippen LogP contribution in [0.2, 0.25) is 0 Å². The molecule has 5 nitrogen and oxygen atoms in total. The fourth-order valence-electron chi connectivity index (χ4n) is 2.19. The number of carbonyl (C=O) groups is 1. The minimum Gasteiger partial charge on any atom is -0.497 e. The SMILES string of the molecule is CC[C@](C)(C(=O)NC(C)(C)CO)[C@@H](N)c1ccc(OC)cc1. The van der Waals surface area contributed by atoms with Crippen LogP contribution < -0.4 is 15.8 Å². The van der Waals surface area contributed by atoms with Crippen LogP contribution in [0.4, 0.5) is 0 Å². The van der Waals surface area contributed by atoms with Gasteiger partial charge in [-0.2, -0.15) is 0 Å². The third-order valence-corrected chi connectivity index (χ3v) is 4.26. The fraction of sp³-hybridized carbons (Fsp3) is 0.588. The lowest BCUT2D eigenvalue weighted by molar-refractivity contribution is -0.134. The second-order valence-corrected chi connectivity index (χ2v) is 6.52. The van der Waals surface area contributed by atoms with Crippen molar-refractivity contribution >= 4 is 5.91 Å². The van der Waals surface area contributed by atoms with E-state index in [9.17, 15) is 9.90 Å². The van der Waals surface area contributed by atoms with Gasteiger partial charge in [-0.3, -0.25) is 4.79 Å². The van der Waals surface area contributed by atoms with E-state index < -0.39 is 17.0 Å². The van der Waals surface area contributed by atoms with E-state index in [1.165, 1.54) is 0 Å². The van der Waals surface area contributed by atoms with Gasteiger partial charge in [0.2, 0.25) is 5.91 Å². The number of carbonyl (C=O) groups excluding carboxylic acids is 1. The zero-order chi connectivity index (χ0) is 17.0. The van der Waals surface area contributed by atoms with Gasteiger partial charge in [-0.05, 0) is 44.9 Å². The average Bonchev–Trinajstić information content (AvgIpc) is 2.52. The van der Waals surface area contributed by atoms with E-state index in [0.717, 1.165) is 11.3 Å². The number of aliphatic hydroxyl groups is 1. The van der Waals surface area contributed by atoms with E-state index in [1.54, 1.807) is 21.0 Å². The van der Waals surface area contributed by atoms with Crippen molar-refractivity contribution in [1.82, 2.24) is 5.32 Å². The minimum absolute atomic E-state index is 0.129. The van der Waals surface area contributed by atoms with E-state index in [-0.39, 0.29) is 12.5 Å². The van der Waals surface area contributed by atoms with Crippen LogP contribution in [0.1, 0.15) is 45.7 Å². The highest BCUT2D eigenvalue weighted by molar-refractivity contribution is 5.84. The first kappa shape index (κ1) is 18.5. The Morgan fingerprint density at radius 1 is 1.32 bits per heavy atom. The maximum atomic E-state index is 12.7. The first-order valence-electron chi connectivity index (χ1n) is 7.53. The summed E-state index contributed by atoms with van der Waals surface area (Å²) in [7, 11) is 1.61. The third kappa shape index (κ3) is 3.99. The van der Waals surface area contributed by atoms with Crippen molar-refractivity contribution in [3.63, 3.8) is 0 Å². The Hall–Kier alpha value is -1.59. The van der Waals surface area contributed by atoms with Crippen molar-refractivity contribution in [3.8, 4) is 5.75 Å². The Labute approximate surface area is 132 Å². The molecular weight excluding hydrogens is 280 g/mol. The fourth-order valence-corrected chi connectivity index (χ4v) is 2.19. The van der Waals surface area contributed by atoms with E-state index >= 15 is 0 Å². The third-order valence-electron chi connectivity index (χ3n) is 4.26. The van der Waals surface area contributed by atoms with Crippen molar-refractivity contribution in [1.29, 1.82) is 0 Å². The molecule has 0 saturated heterocycles. The molecule has 124 valence electrons. The molecule has 0 aromatic heterocycles. The molecule has 1 aromatic rings. The molecule has 2 atom stereocenters. The lowest BCUT2D eigenvalue weighted by atomic mass is 9.75. The summed E-state index contributed by atoms with van der Waals surface area (Å²) in [6, 6.07) is 6.98. The Morgan fingerprint density at radius 2 is 1.86 bits per heavy atom. The van der Waals surface area contributed by atoms with Crippen LogP contribution in [0.25, 0.3) is 0 Å². The summed E-state index contributed by atoms with van der Waals surface area (Å²) >= 11 is 0. The number of ether oxygens (including phenoxy) is 1. The summed E-state index contributed by atoms with van der Waals surface area (Å²) in [6.07, 6.45) is 0.591. The van der Waals surface area contributed by atoms with Crippen molar-refractivity contribution in [2.24, 2.45) is 11.1 Å². The topological polar surface area (TPSA) is 84.6 Å². The van der Waals surface area contributed by atoms with Crippen molar-refractivity contribution in [3.05, 3.63) is 29.8 Å². The van der Waals surface area contributed by atoms with Crippen LogP contribution in [0, 0.1) is 5.41 Å². The summed E-state index contributed by atoms with van der Waals surface area (Å²) < 4.78 is 5.14. The van der Waals surface area contributed by atoms with Gasteiger partial charge < -0.3 is 20.9 Å². The predicted octanol–water partition coefficient (Wildman–Crippen LogP) is 2.00. The molecule has 0 aliphatic heterocycles. The first-order chi connectivity index (χ1) is 10.2. The van der Waals surface area contributed by atoms with Crippen LogP contribution in [-0.2, 0) is 4.79 Å². The molecule has 1 amide bonds. The number of rotatable bonds is 7. The summed E-state index contributed by atoms with van der Waals surface area (Å²) in [5.74, 6) is 0.595. The number of methoxy groups -OCH3 is 1. The Kier molecular flexibility index (Phi) is 5.97. The second-order valence-electron chi connectivity index (χ2n) is 6.52. The number of hydrogen-bond acceptors (Lipinski definition) is 4. The van der Waals surface area contributed by atoms with Gasteiger partial charge >= 0.3 is 0 Å². The summed E-state index contributed by atoms with van der Waals surface area (Å²) in [6.45, 7) is 7.22. The van der Waals surface area contributed by atoms with Crippen LogP contribution in [0.5, 0.6) is 5.75 Å². The number of nitrogens with one attached hydrogen (secondary N) is 1. The van der Waals surface area contributed by atoms with E-state index in [4.69, 9.17) is 10.5 Å². The molecule has 0 heterocycles. The number of amides is 1.